The van der Waals surface area contributed by atoms with Crippen LogP contribution in [0.25, 0.3) is 0 Å². The Morgan fingerprint density at radius 1 is 1.44 bits per heavy atom. The van der Waals surface area contributed by atoms with E-state index >= 15 is 0 Å². The number of rotatable bonds is 1. The zero-order chi connectivity index (χ0) is 6.53. The van der Waals surface area contributed by atoms with E-state index < -0.39 is 0 Å². The van der Waals surface area contributed by atoms with Crippen LogP contribution in [0.1, 0.15) is 0 Å². The Balaban J connectivity index is 2.78. The number of hydrogen-bond acceptors (Lipinski definition) is 1. The molecule has 0 fully saturated rings. The molecule has 0 aliphatic heterocycles. The fourth-order valence-electron chi connectivity index (χ4n) is 0.623. The first kappa shape index (κ1) is 5.93. The highest BCUT2D eigenvalue weighted by molar-refractivity contribution is 5.27. The summed E-state index contributed by atoms with van der Waals surface area (Å²) in [4.78, 5) is 0. The average Bonchev–Trinajstić information content (AvgIpc) is 2.13. The molecule has 9 heavy (non-hydrogen) atoms. The van der Waals surface area contributed by atoms with Gasteiger partial charge in [0.25, 0.3) is 0 Å². The Morgan fingerprint density at radius 2 is 2.33 bits per heavy atom. The van der Waals surface area contributed by atoms with Crippen LogP contribution in [-0.4, -0.2) is 7.05 Å². The fraction of sp³-hybridized carbons (Fsp3) is 0.125. The van der Waals surface area contributed by atoms with Crippen LogP contribution in [-0.2, 0) is 0 Å². The number of hydrogen-bond donors (Lipinski definition) is 1. The van der Waals surface area contributed by atoms with Crippen molar-refractivity contribution in [1.29, 1.82) is 0 Å². The lowest BCUT2D eigenvalue weighted by atomic mass is 10.4. The third-order valence-corrected chi connectivity index (χ3v) is 1.12. The van der Waals surface area contributed by atoms with Gasteiger partial charge in [-0.2, -0.15) is 0 Å². The summed E-state index contributed by atoms with van der Waals surface area (Å²) >= 11 is 0. The fourth-order valence-corrected chi connectivity index (χ4v) is 0.623. The zero-order valence-corrected chi connectivity index (χ0v) is 5.39. The van der Waals surface area contributed by atoms with Gasteiger partial charge in [-0.25, -0.2) is 0 Å². The second-order valence-electron chi connectivity index (χ2n) is 1.73. The highest BCUT2D eigenvalue weighted by Crippen LogP contribution is 1.94. The summed E-state index contributed by atoms with van der Waals surface area (Å²) in [5.41, 5.74) is 4.07. The molecular formula is C8H9N. The van der Waals surface area contributed by atoms with Gasteiger partial charge in [0.1, 0.15) is 0 Å². The number of likely N-dealkylation sites (N-methyl/N-ethyl adjacent to an activating group) is 1. The third kappa shape index (κ3) is 1.63. The molecular weight excluding hydrogens is 110 g/mol. The molecule has 0 spiro atoms. The maximum Gasteiger partial charge on any atom is 0.0343 e. The third-order valence-electron chi connectivity index (χ3n) is 1.12. The van der Waals surface area contributed by atoms with Crippen LogP contribution in [0.5, 0.6) is 0 Å². The van der Waals surface area contributed by atoms with Crippen molar-refractivity contribution in [3.63, 3.8) is 0 Å². The number of nitrogens with one attached hydrogen (secondary N) is 1. The monoisotopic (exact) mass is 119 g/mol. The molecule has 0 bridgehead atoms. The standard InChI is InChI=1S/C8H9N/c1-9-8-6-4-2-3-5-7-8/h2,4-7,9H,1H3. The quantitative estimate of drug-likeness (QED) is 0.514. The van der Waals surface area contributed by atoms with Crippen molar-refractivity contribution in [2.45, 2.75) is 0 Å². The second kappa shape index (κ2) is 2.95. The molecule has 0 unspecified atom stereocenters. The van der Waals surface area contributed by atoms with Gasteiger partial charge in [0.15, 0.2) is 0 Å². The van der Waals surface area contributed by atoms with Gasteiger partial charge in [-0.15, -0.1) is 5.73 Å². The smallest absolute Gasteiger partial charge is 0.0343 e. The molecule has 1 rings (SSSR count). The maximum absolute atomic E-state index is 3.03. The van der Waals surface area contributed by atoms with E-state index in [1.54, 1.807) is 0 Å². The lowest BCUT2D eigenvalue weighted by molar-refractivity contribution is 1.03. The van der Waals surface area contributed by atoms with Gasteiger partial charge in [-0.05, 0) is 24.3 Å². The lowest BCUT2D eigenvalue weighted by Crippen LogP contribution is -2.01. The van der Waals surface area contributed by atoms with E-state index in [1.165, 1.54) is 0 Å². The Hall–Kier alpha value is -1.20. The molecule has 0 aromatic rings. The van der Waals surface area contributed by atoms with Gasteiger partial charge in [0.05, 0.1) is 0 Å². The van der Waals surface area contributed by atoms with Crippen LogP contribution in [0, 0.1) is 0 Å². The van der Waals surface area contributed by atoms with Gasteiger partial charge >= 0.3 is 0 Å². The van der Waals surface area contributed by atoms with Gasteiger partial charge in [-0.3, -0.25) is 0 Å². The van der Waals surface area contributed by atoms with Gasteiger partial charge < -0.3 is 5.32 Å². The lowest BCUT2D eigenvalue weighted by Gasteiger charge is -1.94. The molecule has 0 aromatic carbocycles. The summed E-state index contributed by atoms with van der Waals surface area (Å²) in [7, 11) is 1.90. The highest BCUT2D eigenvalue weighted by Gasteiger charge is 1.82. The van der Waals surface area contributed by atoms with Crippen LogP contribution in [0.15, 0.2) is 41.8 Å². The molecule has 0 aromatic heterocycles. The summed E-state index contributed by atoms with van der Waals surface area (Å²) in [6.45, 7) is 0. The molecule has 0 atom stereocenters. The van der Waals surface area contributed by atoms with Crippen LogP contribution in [0.3, 0.4) is 0 Å². The van der Waals surface area contributed by atoms with Gasteiger partial charge in [0, 0.05) is 12.7 Å². The van der Waals surface area contributed by atoms with E-state index in [4.69, 9.17) is 0 Å². The van der Waals surface area contributed by atoms with E-state index in [-0.39, 0.29) is 0 Å². The van der Waals surface area contributed by atoms with Crippen molar-refractivity contribution in [1.82, 2.24) is 5.32 Å². The van der Waals surface area contributed by atoms with E-state index in [0.29, 0.717) is 0 Å². The van der Waals surface area contributed by atoms with Crippen molar-refractivity contribution in [2.24, 2.45) is 0 Å². The number of allylic oxidation sites excluding steroid dienone is 4. The molecule has 1 aliphatic rings. The minimum Gasteiger partial charge on any atom is -0.388 e. The van der Waals surface area contributed by atoms with Crippen molar-refractivity contribution < 1.29 is 0 Å². The Kier molecular flexibility index (Phi) is 1.95. The topological polar surface area (TPSA) is 12.0 Å². The molecule has 1 N–H and O–H groups in total. The Morgan fingerprint density at radius 3 is 3.11 bits per heavy atom. The van der Waals surface area contributed by atoms with Gasteiger partial charge in [0.2, 0.25) is 0 Å². The van der Waals surface area contributed by atoms with Gasteiger partial charge in [-0.1, -0.05) is 6.08 Å². The van der Waals surface area contributed by atoms with Crippen LogP contribution in [0.2, 0.25) is 0 Å². The van der Waals surface area contributed by atoms with Crippen molar-refractivity contribution in [3.05, 3.63) is 41.8 Å². The van der Waals surface area contributed by atoms with E-state index in [2.05, 4.69) is 11.0 Å². The summed E-state index contributed by atoms with van der Waals surface area (Å²) in [6, 6.07) is 0. The molecule has 1 heteroatoms. The molecule has 0 radical (unpaired) electrons. The molecule has 0 amide bonds. The summed E-state index contributed by atoms with van der Waals surface area (Å²) in [5.74, 6) is 0. The van der Waals surface area contributed by atoms with E-state index in [1.807, 2.05) is 37.4 Å². The zero-order valence-electron chi connectivity index (χ0n) is 5.39. The average molecular weight is 119 g/mol. The molecule has 0 saturated carbocycles. The van der Waals surface area contributed by atoms with Crippen molar-refractivity contribution >= 4 is 0 Å². The molecule has 1 nitrogen and oxygen atoms in total. The molecule has 46 valence electrons. The minimum atomic E-state index is 1.11. The normalized spacial score (nSPS) is 15.0. The Labute approximate surface area is 55.1 Å². The second-order valence-corrected chi connectivity index (χ2v) is 1.73. The minimum absolute atomic E-state index is 1.11. The highest BCUT2D eigenvalue weighted by atomic mass is 14.8. The largest absolute Gasteiger partial charge is 0.388 e. The van der Waals surface area contributed by atoms with E-state index in [0.717, 1.165) is 5.70 Å². The van der Waals surface area contributed by atoms with Crippen LogP contribution in [0.4, 0.5) is 0 Å². The van der Waals surface area contributed by atoms with Crippen molar-refractivity contribution in [2.75, 3.05) is 7.05 Å². The van der Waals surface area contributed by atoms with Crippen LogP contribution >= 0.6 is 0 Å². The predicted molar refractivity (Wildman–Crippen MR) is 38.9 cm³/mol. The predicted octanol–water partition coefficient (Wildman–Crippen LogP) is 1.37. The van der Waals surface area contributed by atoms with Crippen LogP contribution < -0.4 is 5.32 Å². The summed E-state index contributed by atoms with van der Waals surface area (Å²) in [6.07, 6.45) is 9.68. The SMILES string of the molecule is CNC1=CC=C=CC=C1. The van der Waals surface area contributed by atoms with E-state index in [9.17, 15) is 0 Å². The first-order valence-electron chi connectivity index (χ1n) is 2.90. The molecule has 0 saturated heterocycles. The van der Waals surface area contributed by atoms with Crippen molar-refractivity contribution in [3.8, 4) is 0 Å². The first-order valence-corrected chi connectivity index (χ1v) is 2.90. The first-order chi connectivity index (χ1) is 4.43. The molecule has 0 heterocycles. The summed E-state index contributed by atoms with van der Waals surface area (Å²) in [5, 5.41) is 3.03. The molecule has 1 aliphatic carbocycles. The Bertz CT molecular complexity index is 203. The summed E-state index contributed by atoms with van der Waals surface area (Å²) < 4.78 is 0. The maximum atomic E-state index is 3.03.